The van der Waals surface area contributed by atoms with Crippen molar-refractivity contribution in [2.24, 2.45) is 0 Å². The quantitative estimate of drug-likeness (QED) is 0.385. The molecule has 3 aromatic carbocycles. The molecule has 0 fully saturated rings. The maximum atomic E-state index is 14.0. The van der Waals surface area contributed by atoms with E-state index in [1.165, 1.54) is 6.07 Å². The Balaban J connectivity index is 1.77. The molecule has 0 heterocycles. The highest BCUT2D eigenvalue weighted by Gasteiger charge is 2.14. The van der Waals surface area contributed by atoms with Crippen molar-refractivity contribution < 1.29 is 13.9 Å². The molecule has 0 spiro atoms. The zero-order valence-electron chi connectivity index (χ0n) is 15.6. The van der Waals surface area contributed by atoms with Gasteiger partial charge in [0.05, 0.1) is 11.6 Å². The van der Waals surface area contributed by atoms with E-state index >= 15 is 0 Å². The van der Waals surface area contributed by atoms with Crippen LogP contribution in [0.2, 0.25) is 15.1 Å². The van der Waals surface area contributed by atoms with Crippen LogP contribution in [0.25, 0.3) is 0 Å². The first-order valence-corrected chi connectivity index (χ1v) is 10.1. The summed E-state index contributed by atoms with van der Waals surface area (Å²) in [6.45, 7) is 2.77. The molecule has 152 valence electrons. The summed E-state index contributed by atoms with van der Waals surface area (Å²) in [6.07, 6.45) is 0. The zero-order valence-corrected chi connectivity index (χ0v) is 17.9. The van der Waals surface area contributed by atoms with Crippen molar-refractivity contribution in [3.05, 3.63) is 86.6 Å². The van der Waals surface area contributed by atoms with E-state index < -0.39 is 5.82 Å². The number of hydrogen-bond acceptors (Lipinski definition) is 3. The van der Waals surface area contributed by atoms with Gasteiger partial charge < -0.3 is 14.8 Å². The van der Waals surface area contributed by atoms with Crippen LogP contribution < -0.4 is 14.8 Å². The average molecular weight is 455 g/mol. The van der Waals surface area contributed by atoms with Gasteiger partial charge in [-0.05, 0) is 55.0 Å². The highest BCUT2D eigenvalue weighted by molar-refractivity contribution is 6.32. The van der Waals surface area contributed by atoms with Gasteiger partial charge in [0, 0.05) is 33.9 Å². The molecule has 29 heavy (non-hydrogen) atoms. The van der Waals surface area contributed by atoms with Crippen molar-refractivity contribution in [1.29, 1.82) is 0 Å². The van der Waals surface area contributed by atoms with Crippen molar-refractivity contribution in [2.45, 2.75) is 20.1 Å². The molecule has 0 aliphatic carbocycles. The van der Waals surface area contributed by atoms with Gasteiger partial charge in [0.1, 0.15) is 12.4 Å². The van der Waals surface area contributed by atoms with Gasteiger partial charge in [0.2, 0.25) is 0 Å². The monoisotopic (exact) mass is 453 g/mol. The summed E-state index contributed by atoms with van der Waals surface area (Å²) >= 11 is 18.4. The highest BCUT2D eigenvalue weighted by atomic mass is 35.5. The van der Waals surface area contributed by atoms with Gasteiger partial charge in [-0.15, -0.1) is 0 Å². The molecule has 3 aromatic rings. The number of anilines is 1. The van der Waals surface area contributed by atoms with Crippen LogP contribution in [-0.4, -0.2) is 6.61 Å². The Morgan fingerprint density at radius 3 is 2.31 bits per heavy atom. The summed E-state index contributed by atoms with van der Waals surface area (Å²) in [6, 6.07) is 15.4. The van der Waals surface area contributed by atoms with E-state index in [1.54, 1.807) is 18.2 Å². The summed E-state index contributed by atoms with van der Waals surface area (Å²) in [4.78, 5) is 0. The largest absolute Gasteiger partial charge is 0.490 e. The van der Waals surface area contributed by atoms with E-state index in [0.717, 1.165) is 11.3 Å². The van der Waals surface area contributed by atoms with E-state index in [4.69, 9.17) is 44.3 Å². The number of ether oxygens (including phenoxy) is 2. The fourth-order valence-electron chi connectivity index (χ4n) is 2.68. The molecule has 0 atom stereocenters. The molecule has 1 N–H and O–H groups in total. The molecule has 0 bridgehead atoms. The molecule has 0 unspecified atom stereocenters. The lowest BCUT2D eigenvalue weighted by Crippen LogP contribution is -2.05. The molecule has 0 saturated heterocycles. The Kier molecular flexibility index (Phi) is 7.48. The summed E-state index contributed by atoms with van der Waals surface area (Å²) < 4.78 is 25.5. The van der Waals surface area contributed by atoms with E-state index in [2.05, 4.69) is 5.32 Å². The van der Waals surface area contributed by atoms with E-state index in [1.807, 2.05) is 37.3 Å². The van der Waals surface area contributed by atoms with Gasteiger partial charge in [-0.25, -0.2) is 4.39 Å². The van der Waals surface area contributed by atoms with Gasteiger partial charge in [0.15, 0.2) is 11.5 Å². The molecule has 7 heteroatoms. The normalized spacial score (nSPS) is 10.7. The molecular weight excluding hydrogens is 436 g/mol. The first kappa shape index (κ1) is 21.6. The molecule has 0 aliphatic heterocycles. The second kappa shape index (κ2) is 10.1. The summed E-state index contributed by atoms with van der Waals surface area (Å²) in [5.41, 5.74) is 2.03. The van der Waals surface area contributed by atoms with Crippen LogP contribution in [0.15, 0.2) is 54.6 Å². The minimum atomic E-state index is -0.426. The average Bonchev–Trinajstić information content (AvgIpc) is 2.69. The minimum absolute atomic E-state index is 0.0374. The predicted octanol–water partition coefficient (Wildman–Crippen LogP) is 7.38. The minimum Gasteiger partial charge on any atom is -0.490 e. The fourth-order valence-corrected chi connectivity index (χ4v) is 3.24. The van der Waals surface area contributed by atoms with Crippen molar-refractivity contribution in [1.82, 2.24) is 0 Å². The molecular formula is C22H19Cl3FNO2. The van der Waals surface area contributed by atoms with Crippen molar-refractivity contribution in [2.75, 3.05) is 11.9 Å². The number of benzene rings is 3. The smallest absolute Gasteiger partial charge is 0.163 e. The number of hydrogen-bond donors (Lipinski definition) is 1. The van der Waals surface area contributed by atoms with Crippen LogP contribution in [0.3, 0.4) is 0 Å². The Labute approximate surface area is 184 Å². The summed E-state index contributed by atoms with van der Waals surface area (Å²) in [5, 5.41) is 4.76. The Hall–Kier alpha value is -2.14. The number of halogens is 4. The van der Waals surface area contributed by atoms with Crippen LogP contribution in [0, 0.1) is 5.82 Å². The third kappa shape index (κ3) is 5.69. The standard InChI is InChI=1S/C22H19Cl3FNO2/c1-2-28-21-10-14(12-27-16-8-6-15(23)7-9-16)19(25)11-22(21)29-13-17-18(24)4-3-5-20(17)26/h3-11,27H,2,12-13H2,1H3. The molecule has 0 saturated carbocycles. The second-order valence-electron chi connectivity index (χ2n) is 6.17. The Bertz CT molecular complexity index is 960. The van der Waals surface area contributed by atoms with Crippen LogP contribution >= 0.6 is 34.8 Å². The van der Waals surface area contributed by atoms with E-state index in [9.17, 15) is 4.39 Å². The third-order valence-corrected chi connectivity index (χ3v) is 5.13. The van der Waals surface area contributed by atoms with Crippen LogP contribution in [-0.2, 0) is 13.2 Å². The molecule has 0 aliphatic rings. The van der Waals surface area contributed by atoms with Crippen LogP contribution in [0.4, 0.5) is 10.1 Å². The van der Waals surface area contributed by atoms with E-state index in [0.29, 0.717) is 39.7 Å². The molecule has 0 amide bonds. The highest BCUT2D eigenvalue weighted by Crippen LogP contribution is 2.35. The van der Waals surface area contributed by atoms with Gasteiger partial charge in [-0.1, -0.05) is 40.9 Å². The first-order chi connectivity index (χ1) is 14.0. The molecule has 0 radical (unpaired) electrons. The van der Waals surface area contributed by atoms with Crippen molar-refractivity contribution in [3.63, 3.8) is 0 Å². The number of nitrogens with one attached hydrogen (secondary N) is 1. The van der Waals surface area contributed by atoms with E-state index in [-0.39, 0.29) is 12.2 Å². The number of rotatable bonds is 8. The molecule has 3 rings (SSSR count). The van der Waals surface area contributed by atoms with Crippen molar-refractivity contribution >= 4 is 40.5 Å². The Morgan fingerprint density at radius 2 is 1.62 bits per heavy atom. The summed E-state index contributed by atoms with van der Waals surface area (Å²) in [7, 11) is 0. The lowest BCUT2D eigenvalue weighted by Gasteiger charge is -2.16. The lowest BCUT2D eigenvalue weighted by atomic mass is 10.2. The predicted molar refractivity (Wildman–Crippen MR) is 117 cm³/mol. The van der Waals surface area contributed by atoms with Crippen molar-refractivity contribution in [3.8, 4) is 11.5 Å². The second-order valence-corrected chi connectivity index (χ2v) is 7.42. The summed E-state index contributed by atoms with van der Waals surface area (Å²) in [5.74, 6) is 0.522. The van der Waals surface area contributed by atoms with Gasteiger partial charge in [0.25, 0.3) is 0 Å². The SMILES string of the molecule is CCOc1cc(CNc2ccc(Cl)cc2)c(Cl)cc1OCc1c(F)cccc1Cl. The lowest BCUT2D eigenvalue weighted by molar-refractivity contribution is 0.265. The maximum absolute atomic E-state index is 14.0. The van der Waals surface area contributed by atoms with Gasteiger partial charge in [-0.3, -0.25) is 0 Å². The van der Waals surface area contributed by atoms with Gasteiger partial charge >= 0.3 is 0 Å². The molecule has 3 nitrogen and oxygen atoms in total. The van der Waals surface area contributed by atoms with Gasteiger partial charge in [-0.2, -0.15) is 0 Å². The topological polar surface area (TPSA) is 30.5 Å². The fraction of sp³-hybridized carbons (Fsp3) is 0.182. The van der Waals surface area contributed by atoms with Crippen LogP contribution in [0.5, 0.6) is 11.5 Å². The van der Waals surface area contributed by atoms with Crippen LogP contribution in [0.1, 0.15) is 18.1 Å². The zero-order chi connectivity index (χ0) is 20.8. The molecule has 0 aromatic heterocycles. The first-order valence-electron chi connectivity index (χ1n) is 8.98. The Morgan fingerprint density at radius 1 is 0.897 bits per heavy atom. The third-order valence-electron chi connectivity index (χ3n) is 4.17. The maximum Gasteiger partial charge on any atom is 0.163 e.